The maximum absolute atomic E-state index is 9.76. The lowest BCUT2D eigenvalue weighted by atomic mass is 10.0. The van der Waals surface area contributed by atoms with Crippen LogP contribution in [0.15, 0.2) is 54.6 Å². The molecule has 0 amide bonds. The number of halogens is 1. The highest BCUT2D eigenvalue weighted by Gasteiger charge is 2.13. The molecular weight excluding hydrogens is 517 g/mol. The van der Waals surface area contributed by atoms with E-state index in [9.17, 15) is 5.26 Å². The number of ether oxygens (including phenoxy) is 4. The first-order valence-electron chi connectivity index (χ1n) is 9.89. The second-order valence-corrected chi connectivity index (χ2v) is 8.21. The molecule has 0 radical (unpaired) electrons. The second kappa shape index (κ2) is 10.9. The van der Waals surface area contributed by atoms with Gasteiger partial charge in [-0.2, -0.15) is 5.26 Å². The van der Waals surface area contributed by atoms with E-state index in [-0.39, 0.29) is 0 Å². The van der Waals surface area contributed by atoms with Gasteiger partial charge in [0.15, 0.2) is 23.0 Å². The standard InChI is InChI=1S/C26H24INO4/c1-17-5-7-18(8-6-17)16-32-26-22(27)12-19(13-25(26)31-4)11-21(15-28)20-9-10-23(29-2)24(14-20)30-3/h5-14H,16H2,1-4H3/b21-11+. The van der Waals surface area contributed by atoms with Crippen molar-refractivity contribution < 1.29 is 18.9 Å². The van der Waals surface area contributed by atoms with Gasteiger partial charge in [-0.3, -0.25) is 0 Å². The van der Waals surface area contributed by atoms with Crippen LogP contribution in [-0.2, 0) is 6.61 Å². The average Bonchev–Trinajstić information content (AvgIpc) is 2.82. The monoisotopic (exact) mass is 541 g/mol. The molecule has 0 heterocycles. The Hall–Kier alpha value is -3.18. The van der Waals surface area contributed by atoms with Crippen LogP contribution in [0.5, 0.6) is 23.0 Å². The molecule has 32 heavy (non-hydrogen) atoms. The summed E-state index contributed by atoms with van der Waals surface area (Å²) in [6.45, 7) is 2.50. The predicted molar refractivity (Wildman–Crippen MR) is 134 cm³/mol. The van der Waals surface area contributed by atoms with Gasteiger partial charge in [-0.25, -0.2) is 0 Å². The van der Waals surface area contributed by atoms with Crippen LogP contribution >= 0.6 is 22.6 Å². The summed E-state index contributed by atoms with van der Waals surface area (Å²) in [7, 11) is 4.76. The van der Waals surface area contributed by atoms with Gasteiger partial charge in [0.25, 0.3) is 0 Å². The number of benzene rings is 3. The minimum Gasteiger partial charge on any atom is -0.493 e. The first kappa shape index (κ1) is 23.5. The number of aryl methyl sites for hydroxylation is 1. The van der Waals surface area contributed by atoms with Crippen LogP contribution < -0.4 is 18.9 Å². The molecule has 164 valence electrons. The molecule has 0 bridgehead atoms. The van der Waals surface area contributed by atoms with E-state index in [1.807, 2.05) is 36.4 Å². The Morgan fingerprint density at radius 1 is 0.906 bits per heavy atom. The number of hydrogen-bond donors (Lipinski definition) is 0. The highest BCUT2D eigenvalue weighted by Crippen LogP contribution is 2.36. The Kier molecular flexibility index (Phi) is 8.01. The maximum Gasteiger partial charge on any atom is 0.174 e. The second-order valence-electron chi connectivity index (χ2n) is 7.05. The number of nitriles is 1. The summed E-state index contributed by atoms with van der Waals surface area (Å²) in [5, 5.41) is 9.76. The van der Waals surface area contributed by atoms with Crippen LogP contribution in [-0.4, -0.2) is 21.3 Å². The molecule has 0 aliphatic heterocycles. The summed E-state index contributed by atoms with van der Waals surface area (Å²) in [4.78, 5) is 0. The molecule has 0 spiro atoms. The maximum atomic E-state index is 9.76. The molecule has 0 aromatic heterocycles. The number of allylic oxidation sites excluding steroid dienone is 1. The van der Waals surface area contributed by atoms with Crippen molar-refractivity contribution in [3.63, 3.8) is 0 Å². The van der Waals surface area contributed by atoms with E-state index in [1.165, 1.54) is 5.56 Å². The van der Waals surface area contributed by atoms with Crippen molar-refractivity contribution in [2.45, 2.75) is 13.5 Å². The Labute approximate surface area is 202 Å². The van der Waals surface area contributed by atoms with E-state index >= 15 is 0 Å². The van der Waals surface area contributed by atoms with Crippen LogP contribution in [0.1, 0.15) is 22.3 Å². The van der Waals surface area contributed by atoms with Gasteiger partial charge >= 0.3 is 0 Å². The van der Waals surface area contributed by atoms with Crippen LogP contribution in [0.2, 0.25) is 0 Å². The van der Waals surface area contributed by atoms with Crippen LogP contribution in [0.25, 0.3) is 11.6 Å². The van der Waals surface area contributed by atoms with E-state index in [1.54, 1.807) is 33.5 Å². The van der Waals surface area contributed by atoms with Crippen molar-refractivity contribution in [2.24, 2.45) is 0 Å². The lowest BCUT2D eigenvalue weighted by Crippen LogP contribution is -2.00. The van der Waals surface area contributed by atoms with Crippen LogP contribution in [0, 0.1) is 21.8 Å². The number of nitrogens with zero attached hydrogens (tertiary/aromatic N) is 1. The lowest BCUT2D eigenvalue weighted by molar-refractivity contribution is 0.282. The molecule has 0 aliphatic carbocycles. The van der Waals surface area contributed by atoms with Crippen molar-refractivity contribution in [3.05, 3.63) is 80.4 Å². The highest BCUT2D eigenvalue weighted by atomic mass is 127. The van der Waals surface area contributed by atoms with Crippen molar-refractivity contribution in [1.82, 2.24) is 0 Å². The topological polar surface area (TPSA) is 60.7 Å². The summed E-state index contributed by atoms with van der Waals surface area (Å²) in [5.41, 5.74) is 4.36. The van der Waals surface area contributed by atoms with Crippen LogP contribution in [0.3, 0.4) is 0 Å². The van der Waals surface area contributed by atoms with Gasteiger partial charge in [-0.1, -0.05) is 29.8 Å². The Morgan fingerprint density at radius 2 is 1.59 bits per heavy atom. The molecule has 3 aromatic rings. The molecule has 3 rings (SSSR count). The van der Waals surface area contributed by atoms with Gasteiger partial charge < -0.3 is 18.9 Å². The van der Waals surface area contributed by atoms with Gasteiger partial charge in [-0.05, 0) is 82.6 Å². The minimum absolute atomic E-state index is 0.441. The Balaban J connectivity index is 1.90. The summed E-state index contributed by atoms with van der Waals surface area (Å²) in [6, 6.07) is 19.7. The zero-order valence-corrected chi connectivity index (χ0v) is 20.6. The normalized spacial score (nSPS) is 10.9. The fraction of sp³-hybridized carbons (Fsp3) is 0.192. The van der Waals surface area contributed by atoms with Gasteiger partial charge in [0.05, 0.1) is 36.5 Å². The number of hydrogen-bond acceptors (Lipinski definition) is 5. The lowest BCUT2D eigenvalue weighted by Gasteiger charge is -2.14. The first-order chi connectivity index (χ1) is 15.5. The molecule has 0 aliphatic rings. The third-order valence-corrected chi connectivity index (χ3v) is 5.68. The summed E-state index contributed by atoms with van der Waals surface area (Å²) in [6.07, 6.45) is 1.82. The highest BCUT2D eigenvalue weighted by molar-refractivity contribution is 14.1. The molecule has 0 N–H and O–H groups in total. The Morgan fingerprint density at radius 3 is 2.22 bits per heavy atom. The fourth-order valence-corrected chi connectivity index (χ4v) is 3.93. The van der Waals surface area contributed by atoms with E-state index in [0.717, 1.165) is 20.3 Å². The summed E-state index contributed by atoms with van der Waals surface area (Å²) in [5.74, 6) is 2.47. The molecule has 3 aromatic carbocycles. The van der Waals surface area contributed by atoms with Gasteiger partial charge in [-0.15, -0.1) is 0 Å². The third kappa shape index (κ3) is 5.54. The molecular formula is C26H24INO4. The minimum atomic E-state index is 0.441. The van der Waals surface area contributed by atoms with E-state index < -0.39 is 0 Å². The van der Waals surface area contributed by atoms with E-state index in [0.29, 0.717) is 35.2 Å². The summed E-state index contributed by atoms with van der Waals surface area (Å²) >= 11 is 2.22. The zero-order valence-electron chi connectivity index (χ0n) is 18.4. The first-order valence-corrected chi connectivity index (χ1v) is 11.0. The molecule has 0 unspecified atom stereocenters. The summed E-state index contributed by atoms with van der Waals surface area (Å²) < 4.78 is 23.2. The molecule has 0 saturated carbocycles. The fourth-order valence-electron chi connectivity index (χ4n) is 3.15. The van der Waals surface area contributed by atoms with Crippen molar-refractivity contribution in [2.75, 3.05) is 21.3 Å². The largest absolute Gasteiger partial charge is 0.493 e. The van der Waals surface area contributed by atoms with Gasteiger partial charge in [0, 0.05) is 0 Å². The molecule has 5 nitrogen and oxygen atoms in total. The van der Waals surface area contributed by atoms with E-state index in [2.05, 4.69) is 47.7 Å². The molecule has 6 heteroatoms. The Bertz CT molecular complexity index is 1160. The smallest absolute Gasteiger partial charge is 0.174 e. The quantitative estimate of drug-likeness (QED) is 0.191. The van der Waals surface area contributed by atoms with Crippen molar-refractivity contribution >= 4 is 34.2 Å². The van der Waals surface area contributed by atoms with Crippen molar-refractivity contribution in [3.8, 4) is 29.1 Å². The van der Waals surface area contributed by atoms with Gasteiger partial charge in [0.1, 0.15) is 6.61 Å². The van der Waals surface area contributed by atoms with E-state index in [4.69, 9.17) is 18.9 Å². The van der Waals surface area contributed by atoms with Crippen LogP contribution in [0.4, 0.5) is 0 Å². The molecule has 0 fully saturated rings. The van der Waals surface area contributed by atoms with Crippen molar-refractivity contribution in [1.29, 1.82) is 5.26 Å². The number of rotatable bonds is 8. The van der Waals surface area contributed by atoms with Gasteiger partial charge in [0.2, 0.25) is 0 Å². The number of methoxy groups -OCH3 is 3. The predicted octanol–water partition coefficient (Wildman–Crippen LogP) is 6.27. The third-order valence-electron chi connectivity index (χ3n) is 4.88. The molecule has 0 saturated heterocycles. The average molecular weight is 541 g/mol. The zero-order chi connectivity index (χ0) is 23.1. The molecule has 0 atom stereocenters. The SMILES string of the molecule is COc1ccc(/C(C#N)=C/c2cc(I)c(OCc3ccc(C)cc3)c(OC)c2)cc1OC.